The molecule has 24 heavy (non-hydrogen) atoms. The van der Waals surface area contributed by atoms with Gasteiger partial charge in [0.1, 0.15) is 5.60 Å². The Labute approximate surface area is 145 Å². The van der Waals surface area contributed by atoms with Crippen molar-refractivity contribution in [3.8, 4) is 0 Å². The fraction of sp³-hybridized carbons (Fsp3) is 0.684. The first kappa shape index (κ1) is 18.7. The van der Waals surface area contributed by atoms with Crippen LogP contribution in [0.25, 0.3) is 0 Å². The van der Waals surface area contributed by atoms with E-state index in [4.69, 9.17) is 9.47 Å². The molecule has 0 unspecified atom stereocenters. The van der Waals surface area contributed by atoms with Crippen molar-refractivity contribution in [1.29, 1.82) is 0 Å². The summed E-state index contributed by atoms with van der Waals surface area (Å²) < 4.78 is 11.3. The van der Waals surface area contributed by atoms with E-state index in [0.717, 1.165) is 37.8 Å². The molecule has 2 rings (SSSR count). The lowest BCUT2D eigenvalue weighted by atomic mass is 9.98. The summed E-state index contributed by atoms with van der Waals surface area (Å²) >= 11 is 0. The monoisotopic (exact) mass is 334 g/mol. The van der Waals surface area contributed by atoms with Crippen molar-refractivity contribution in [3.63, 3.8) is 0 Å². The van der Waals surface area contributed by atoms with Crippen molar-refractivity contribution in [1.82, 2.24) is 9.88 Å². The van der Waals surface area contributed by atoms with Gasteiger partial charge in [-0.15, -0.1) is 0 Å². The van der Waals surface area contributed by atoms with Gasteiger partial charge < -0.3 is 14.4 Å². The molecule has 134 valence electrons. The predicted octanol–water partition coefficient (Wildman–Crippen LogP) is 4.17. The summed E-state index contributed by atoms with van der Waals surface area (Å²) in [6.45, 7) is 7.83. The largest absolute Gasteiger partial charge is 0.444 e. The molecular weight excluding hydrogens is 304 g/mol. The highest BCUT2D eigenvalue weighted by molar-refractivity contribution is 5.68. The lowest BCUT2D eigenvalue weighted by molar-refractivity contribution is 0.00726. The van der Waals surface area contributed by atoms with Crippen LogP contribution in [0, 0.1) is 0 Å². The highest BCUT2D eigenvalue weighted by Crippen LogP contribution is 2.23. The molecule has 0 aromatic carbocycles. The van der Waals surface area contributed by atoms with Gasteiger partial charge in [-0.25, -0.2) is 4.79 Å². The Hall–Kier alpha value is -1.62. The molecule has 0 N–H and O–H groups in total. The van der Waals surface area contributed by atoms with Crippen LogP contribution in [0.5, 0.6) is 0 Å². The van der Waals surface area contributed by atoms with Crippen LogP contribution >= 0.6 is 0 Å². The third-order valence-electron chi connectivity index (χ3n) is 4.07. The number of carbonyl (C=O) groups excluding carboxylic acids is 1. The van der Waals surface area contributed by atoms with Crippen molar-refractivity contribution < 1.29 is 14.3 Å². The molecule has 0 saturated carbocycles. The molecule has 1 aromatic rings. The molecule has 0 bridgehead atoms. The normalized spacial score (nSPS) is 18.5. The van der Waals surface area contributed by atoms with Crippen LogP contribution in [0.1, 0.15) is 58.4 Å². The quantitative estimate of drug-likeness (QED) is 0.733. The summed E-state index contributed by atoms with van der Waals surface area (Å²) in [5.74, 6) is 0. The van der Waals surface area contributed by atoms with E-state index in [1.807, 2.05) is 44.0 Å². The van der Waals surface area contributed by atoms with E-state index in [2.05, 4.69) is 4.98 Å². The van der Waals surface area contributed by atoms with E-state index in [1.165, 1.54) is 6.42 Å². The lowest BCUT2D eigenvalue weighted by Gasteiger charge is -2.36. The summed E-state index contributed by atoms with van der Waals surface area (Å²) in [6, 6.07) is 4.20. The molecule has 1 aliphatic rings. The number of hydrogen-bond donors (Lipinski definition) is 0. The van der Waals surface area contributed by atoms with E-state index in [0.29, 0.717) is 13.2 Å². The van der Waals surface area contributed by atoms with Crippen LogP contribution in [0.3, 0.4) is 0 Å². The fourth-order valence-corrected chi connectivity index (χ4v) is 2.96. The van der Waals surface area contributed by atoms with E-state index >= 15 is 0 Å². The second-order valence-corrected chi connectivity index (χ2v) is 7.38. The molecule has 0 aliphatic carbocycles. The van der Waals surface area contributed by atoms with E-state index in [1.54, 1.807) is 6.20 Å². The molecular formula is C19H30N2O3. The molecule has 1 amide bonds. The van der Waals surface area contributed by atoms with Crippen molar-refractivity contribution >= 4 is 6.09 Å². The van der Waals surface area contributed by atoms with Gasteiger partial charge in [0.15, 0.2) is 0 Å². The zero-order valence-corrected chi connectivity index (χ0v) is 15.2. The Morgan fingerprint density at radius 2 is 2.21 bits per heavy atom. The summed E-state index contributed by atoms with van der Waals surface area (Å²) in [4.78, 5) is 18.4. The third kappa shape index (κ3) is 6.48. The Kier molecular flexibility index (Phi) is 7.03. The van der Waals surface area contributed by atoms with E-state index in [-0.39, 0.29) is 12.1 Å². The highest BCUT2D eigenvalue weighted by atomic mass is 16.6. The van der Waals surface area contributed by atoms with Crippen LogP contribution in [0.4, 0.5) is 4.79 Å². The summed E-state index contributed by atoms with van der Waals surface area (Å²) in [5, 5.41) is 0. The van der Waals surface area contributed by atoms with Crippen LogP contribution in [0.2, 0.25) is 0 Å². The molecule has 1 saturated heterocycles. The second kappa shape index (κ2) is 9.02. The topological polar surface area (TPSA) is 51.7 Å². The number of pyridine rings is 1. The van der Waals surface area contributed by atoms with Gasteiger partial charge in [0.25, 0.3) is 0 Å². The maximum Gasteiger partial charge on any atom is 0.410 e. The number of likely N-dealkylation sites (tertiary alicyclic amines) is 1. The summed E-state index contributed by atoms with van der Waals surface area (Å²) in [5.41, 5.74) is 0.650. The van der Waals surface area contributed by atoms with Crippen LogP contribution in [-0.4, -0.2) is 40.8 Å². The average molecular weight is 334 g/mol. The SMILES string of the molecule is CC(C)(C)OC(=O)N1CCCC[C@H]1CCCOCc1cccnc1. The Morgan fingerprint density at radius 3 is 2.92 bits per heavy atom. The average Bonchev–Trinajstić information content (AvgIpc) is 2.54. The molecule has 1 atom stereocenters. The van der Waals surface area contributed by atoms with Gasteiger partial charge in [0.05, 0.1) is 6.61 Å². The highest BCUT2D eigenvalue weighted by Gasteiger charge is 2.29. The summed E-state index contributed by atoms with van der Waals surface area (Å²) in [6.07, 6.45) is 8.62. The van der Waals surface area contributed by atoms with Crippen LogP contribution in [0.15, 0.2) is 24.5 Å². The number of aromatic nitrogens is 1. The molecule has 0 spiro atoms. The van der Waals surface area contributed by atoms with Gasteiger partial charge in [0, 0.05) is 31.6 Å². The zero-order chi connectivity index (χ0) is 17.4. The number of carbonyl (C=O) groups is 1. The standard InChI is InChI=1S/C19H30N2O3/c1-19(2,3)24-18(22)21-12-5-4-9-17(21)10-7-13-23-15-16-8-6-11-20-14-16/h6,8,11,14,17H,4-5,7,9-10,12-13,15H2,1-3H3/t17-/m0/s1. The minimum atomic E-state index is -0.439. The molecule has 1 fully saturated rings. The smallest absolute Gasteiger partial charge is 0.410 e. The van der Waals surface area contributed by atoms with Crippen molar-refractivity contribution in [2.75, 3.05) is 13.2 Å². The maximum absolute atomic E-state index is 12.4. The van der Waals surface area contributed by atoms with Crippen LogP contribution in [-0.2, 0) is 16.1 Å². The first-order valence-corrected chi connectivity index (χ1v) is 8.92. The number of amides is 1. The van der Waals surface area contributed by atoms with Crippen molar-refractivity contribution in [2.24, 2.45) is 0 Å². The number of rotatable bonds is 6. The fourth-order valence-electron chi connectivity index (χ4n) is 2.96. The summed E-state index contributed by atoms with van der Waals surface area (Å²) in [7, 11) is 0. The van der Waals surface area contributed by atoms with Gasteiger partial charge in [0.2, 0.25) is 0 Å². The molecule has 0 radical (unpaired) electrons. The Bertz CT molecular complexity index is 499. The lowest BCUT2D eigenvalue weighted by Crippen LogP contribution is -2.46. The van der Waals surface area contributed by atoms with E-state index in [9.17, 15) is 4.79 Å². The zero-order valence-electron chi connectivity index (χ0n) is 15.2. The molecule has 2 heterocycles. The molecule has 5 nitrogen and oxygen atoms in total. The first-order valence-electron chi connectivity index (χ1n) is 8.92. The van der Waals surface area contributed by atoms with E-state index < -0.39 is 5.60 Å². The molecule has 1 aromatic heterocycles. The molecule has 1 aliphatic heterocycles. The van der Waals surface area contributed by atoms with Gasteiger partial charge in [-0.3, -0.25) is 4.98 Å². The minimum Gasteiger partial charge on any atom is -0.444 e. The number of hydrogen-bond acceptors (Lipinski definition) is 4. The predicted molar refractivity (Wildman–Crippen MR) is 93.7 cm³/mol. The van der Waals surface area contributed by atoms with Gasteiger partial charge in [-0.2, -0.15) is 0 Å². The van der Waals surface area contributed by atoms with Crippen LogP contribution < -0.4 is 0 Å². The first-order chi connectivity index (χ1) is 11.5. The third-order valence-corrected chi connectivity index (χ3v) is 4.07. The van der Waals surface area contributed by atoms with Crippen molar-refractivity contribution in [2.45, 2.75) is 71.1 Å². The second-order valence-electron chi connectivity index (χ2n) is 7.38. The number of nitrogens with zero attached hydrogens (tertiary/aromatic N) is 2. The Morgan fingerprint density at radius 1 is 1.38 bits per heavy atom. The number of piperidine rings is 1. The maximum atomic E-state index is 12.4. The Balaban J connectivity index is 1.72. The van der Waals surface area contributed by atoms with Gasteiger partial charge in [-0.05, 0) is 64.5 Å². The van der Waals surface area contributed by atoms with Gasteiger partial charge in [-0.1, -0.05) is 6.07 Å². The van der Waals surface area contributed by atoms with Gasteiger partial charge >= 0.3 is 6.09 Å². The molecule has 5 heteroatoms. The minimum absolute atomic E-state index is 0.177. The number of ether oxygens (including phenoxy) is 2. The van der Waals surface area contributed by atoms with Crippen molar-refractivity contribution in [3.05, 3.63) is 30.1 Å².